The normalized spacial score (nSPS) is 28.1. The third-order valence-electron chi connectivity index (χ3n) is 2.00. The SMILES string of the molecule is [CH3][Pt]([CH3])([CH3])/[C]1=C/CC/C=C\CC1. The average Bonchev–Trinajstić information content (AvgIpc) is 1.81. The zero-order valence-corrected chi connectivity index (χ0v) is 10.6. The van der Waals surface area contributed by atoms with Crippen molar-refractivity contribution in [1.82, 2.24) is 0 Å². The molecule has 0 aromatic heterocycles. The predicted molar refractivity (Wildman–Crippen MR) is 53.3 cm³/mol. The summed E-state index contributed by atoms with van der Waals surface area (Å²) in [6, 6.07) is 0. The first kappa shape index (κ1) is 10.3. The van der Waals surface area contributed by atoms with Crippen LogP contribution in [-0.2, 0) is 16.1 Å². The van der Waals surface area contributed by atoms with Gasteiger partial charge in [0, 0.05) is 0 Å². The minimum atomic E-state index is -1.39. The minimum absolute atomic E-state index is 1.25. The Bertz CT molecular complexity index is 194. The molecule has 1 aliphatic rings. The molecule has 74 valence electrons. The summed E-state index contributed by atoms with van der Waals surface area (Å²) in [5.74, 6) is 0. The van der Waals surface area contributed by atoms with Crippen molar-refractivity contribution in [3.05, 3.63) is 22.2 Å². The summed E-state index contributed by atoms with van der Waals surface area (Å²) in [7, 11) is 0. The van der Waals surface area contributed by atoms with E-state index in [0.717, 1.165) is 0 Å². The summed E-state index contributed by atoms with van der Waals surface area (Å²) in [6.07, 6.45) is 12.3. The van der Waals surface area contributed by atoms with Crippen LogP contribution < -0.4 is 0 Å². The molecule has 0 spiro atoms. The van der Waals surface area contributed by atoms with Crippen LogP contribution in [0.4, 0.5) is 0 Å². The fraction of sp³-hybridized carbons (Fsp3) is 0.636. The van der Waals surface area contributed by atoms with Gasteiger partial charge in [-0.05, 0) is 0 Å². The monoisotopic (exact) mass is 347 g/mol. The van der Waals surface area contributed by atoms with E-state index in [-0.39, 0.29) is 0 Å². The van der Waals surface area contributed by atoms with Crippen LogP contribution in [0.15, 0.2) is 22.2 Å². The van der Waals surface area contributed by atoms with Gasteiger partial charge in [0.2, 0.25) is 0 Å². The third-order valence-corrected chi connectivity index (χ3v) is 7.41. The first-order valence-electron chi connectivity index (χ1n) is 4.31. The molecule has 1 rings (SSSR count). The van der Waals surface area contributed by atoms with Crippen LogP contribution in [-0.4, -0.2) is 0 Å². The van der Waals surface area contributed by atoms with Crippen molar-refractivity contribution in [2.24, 2.45) is 0 Å². The molecule has 0 N–H and O–H groups in total. The van der Waals surface area contributed by atoms with Crippen molar-refractivity contribution >= 4 is 0 Å². The van der Waals surface area contributed by atoms with Crippen molar-refractivity contribution < 1.29 is 16.1 Å². The van der Waals surface area contributed by atoms with Gasteiger partial charge < -0.3 is 0 Å². The van der Waals surface area contributed by atoms with Crippen LogP contribution in [0.25, 0.3) is 0 Å². The maximum absolute atomic E-state index is 2.51. The Morgan fingerprint density at radius 3 is 2.33 bits per heavy atom. The van der Waals surface area contributed by atoms with Gasteiger partial charge in [-0.15, -0.1) is 0 Å². The molecule has 0 saturated carbocycles. The van der Waals surface area contributed by atoms with E-state index in [0.29, 0.717) is 0 Å². The average molecular weight is 347 g/mol. The summed E-state index contributed by atoms with van der Waals surface area (Å²) >= 11 is -1.39. The number of rotatable bonds is 1. The van der Waals surface area contributed by atoms with E-state index in [2.05, 4.69) is 34.2 Å². The van der Waals surface area contributed by atoms with E-state index in [4.69, 9.17) is 0 Å². The molecule has 1 aliphatic carbocycles. The molecule has 0 aromatic rings. The van der Waals surface area contributed by atoms with E-state index in [9.17, 15) is 0 Å². The van der Waals surface area contributed by atoms with Crippen molar-refractivity contribution in [3.63, 3.8) is 0 Å². The number of hydrogen-bond acceptors (Lipinski definition) is 0. The van der Waals surface area contributed by atoms with Crippen molar-refractivity contribution in [3.8, 4) is 0 Å². The molecule has 0 amide bonds. The van der Waals surface area contributed by atoms with Crippen molar-refractivity contribution in [1.29, 1.82) is 0 Å². The standard InChI is InChI=1S/C8H11.3CH3.Pt/c1-2-4-6-8-7-5-3-1;;;;/h1-2,7H,3-6H2;3*1H3;/b2-1-,8-7?;;;;. The topological polar surface area (TPSA) is 0 Å². The zero-order valence-electron chi connectivity index (χ0n) is 8.38. The van der Waals surface area contributed by atoms with Gasteiger partial charge in [0.15, 0.2) is 0 Å². The Morgan fingerprint density at radius 2 is 1.67 bits per heavy atom. The van der Waals surface area contributed by atoms with Crippen molar-refractivity contribution in [2.75, 3.05) is 0 Å². The molecule has 0 heterocycles. The second-order valence-electron chi connectivity index (χ2n) is 3.62. The molecule has 1 heteroatoms. The molecule has 0 atom stereocenters. The quantitative estimate of drug-likeness (QED) is 0.621. The van der Waals surface area contributed by atoms with Gasteiger partial charge >= 0.3 is 79.9 Å². The summed E-state index contributed by atoms with van der Waals surface area (Å²) < 4.78 is 1.81. The van der Waals surface area contributed by atoms with Gasteiger partial charge in [-0.25, -0.2) is 0 Å². The van der Waals surface area contributed by atoms with E-state index in [1.54, 1.807) is 0 Å². The third kappa shape index (κ3) is 3.27. The maximum atomic E-state index is 2.51. The molecule has 0 aromatic carbocycles. The second-order valence-corrected chi connectivity index (χ2v) is 15.3. The summed E-state index contributed by atoms with van der Waals surface area (Å²) in [5.41, 5.74) is 0. The molecule has 0 unspecified atom stereocenters. The van der Waals surface area contributed by atoms with Crippen LogP contribution in [0.3, 0.4) is 0 Å². The molecule has 0 saturated heterocycles. The van der Waals surface area contributed by atoms with Crippen LogP contribution in [0.1, 0.15) is 25.7 Å². The Hall–Kier alpha value is 0.168. The molecule has 0 nitrogen and oxygen atoms in total. The van der Waals surface area contributed by atoms with E-state index in [1.807, 2.05) is 3.96 Å². The van der Waals surface area contributed by atoms with E-state index >= 15 is 0 Å². The first-order chi connectivity index (χ1) is 5.61. The number of hydrogen-bond donors (Lipinski definition) is 0. The zero-order chi connectivity index (χ0) is 9.03. The molecular formula is C11H20Pt. The Kier molecular flexibility index (Phi) is 3.77. The Morgan fingerprint density at radius 1 is 1.00 bits per heavy atom. The molecular weight excluding hydrogens is 327 g/mol. The Labute approximate surface area is 79.9 Å². The van der Waals surface area contributed by atoms with Gasteiger partial charge in [0.05, 0.1) is 0 Å². The van der Waals surface area contributed by atoms with Gasteiger partial charge in [-0.2, -0.15) is 0 Å². The Balaban J connectivity index is 2.63. The van der Waals surface area contributed by atoms with Crippen molar-refractivity contribution in [2.45, 2.75) is 41.6 Å². The molecule has 0 aliphatic heterocycles. The van der Waals surface area contributed by atoms with Crippen LogP contribution in [0, 0.1) is 0 Å². The summed E-state index contributed by atoms with van der Waals surface area (Å²) in [4.78, 5) is 0. The van der Waals surface area contributed by atoms with Gasteiger partial charge in [0.1, 0.15) is 0 Å². The van der Waals surface area contributed by atoms with E-state index < -0.39 is 16.1 Å². The first-order valence-corrected chi connectivity index (χ1v) is 12.3. The molecule has 0 fully saturated rings. The van der Waals surface area contributed by atoms with Crippen LogP contribution >= 0.6 is 0 Å². The van der Waals surface area contributed by atoms with E-state index in [1.165, 1.54) is 25.7 Å². The predicted octanol–water partition coefficient (Wildman–Crippen LogP) is 4.30. The molecule has 0 bridgehead atoms. The molecule has 12 heavy (non-hydrogen) atoms. The fourth-order valence-corrected chi connectivity index (χ4v) is 5.06. The second kappa shape index (κ2) is 4.42. The summed E-state index contributed by atoms with van der Waals surface area (Å²) in [6.45, 7) is 0. The van der Waals surface area contributed by atoms with Gasteiger partial charge in [0.25, 0.3) is 0 Å². The van der Waals surface area contributed by atoms with Gasteiger partial charge in [-0.1, -0.05) is 0 Å². The summed E-state index contributed by atoms with van der Waals surface area (Å²) in [5, 5.41) is 7.47. The van der Waals surface area contributed by atoms with Crippen LogP contribution in [0.5, 0.6) is 0 Å². The fourth-order valence-electron chi connectivity index (χ4n) is 1.31. The number of allylic oxidation sites excluding steroid dienone is 4. The van der Waals surface area contributed by atoms with Gasteiger partial charge in [-0.3, -0.25) is 0 Å². The molecule has 0 radical (unpaired) electrons. The van der Waals surface area contributed by atoms with Crippen LogP contribution in [0.2, 0.25) is 15.9 Å².